The number of aromatic nitrogens is 2. The highest BCUT2D eigenvalue weighted by Crippen LogP contribution is 2.28. The molecule has 1 N–H and O–H groups in total. The molecule has 0 aliphatic rings. The molecule has 2 aromatic rings. The van der Waals surface area contributed by atoms with Crippen molar-refractivity contribution in [2.75, 3.05) is 0 Å². The van der Waals surface area contributed by atoms with Gasteiger partial charge in [0.2, 0.25) is 0 Å². The summed E-state index contributed by atoms with van der Waals surface area (Å²) in [6.07, 6.45) is 2.34. The Morgan fingerprint density at radius 3 is 2.74 bits per heavy atom. The van der Waals surface area contributed by atoms with E-state index in [0.29, 0.717) is 33.6 Å². The molecule has 2 rings (SSSR count). The maximum atomic E-state index is 11.2. The van der Waals surface area contributed by atoms with Crippen LogP contribution in [0.15, 0.2) is 22.8 Å². The van der Waals surface area contributed by atoms with Gasteiger partial charge < -0.3 is 5.11 Å². The number of carboxylic acid groups (broad SMARTS) is 1. The van der Waals surface area contributed by atoms with Crippen LogP contribution in [0.1, 0.15) is 29.2 Å². The van der Waals surface area contributed by atoms with Gasteiger partial charge in [-0.3, -0.25) is 4.98 Å². The molecule has 0 saturated heterocycles. The molecule has 0 aliphatic heterocycles. The summed E-state index contributed by atoms with van der Waals surface area (Å²) in [6, 6.07) is 3.69. The number of rotatable bonds is 4. The zero-order valence-corrected chi connectivity index (χ0v) is 13.0. The molecule has 0 unspecified atom stereocenters. The summed E-state index contributed by atoms with van der Waals surface area (Å²) in [5, 5.41) is 9.88. The molecule has 2 aromatic heterocycles. The smallest absolute Gasteiger partial charge is 0.347 e. The van der Waals surface area contributed by atoms with Crippen molar-refractivity contribution in [3.8, 4) is 10.7 Å². The van der Waals surface area contributed by atoms with Crippen molar-refractivity contribution < 1.29 is 9.90 Å². The standard InChI is InChI=1S/C13H13BrN2O2S/c1-7(2)5-10-11(13(17)18)19-12(16-10)9-4-3-8(14)6-15-9/h3-4,6-7H,5H2,1-2H3,(H,17,18). The lowest BCUT2D eigenvalue weighted by atomic mass is 10.1. The topological polar surface area (TPSA) is 63.1 Å². The van der Waals surface area contributed by atoms with E-state index in [2.05, 4.69) is 25.9 Å². The Kier molecular flexibility index (Phi) is 4.31. The van der Waals surface area contributed by atoms with E-state index in [1.807, 2.05) is 26.0 Å². The van der Waals surface area contributed by atoms with Crippen LogP contribution in [-0.2, 0) is 6.42 Å². The predicted molar refractivity (Wildman–Crippen MR) is 78.5 cm³/mol. The summed E-state index contributed by atoms with van der Waals surface area (Å²) in [4.78, 5) is 20.2. The molecule has 4 nitrogen and oxygen atoms in total. The summed E-state index contributed by atoms with van der Waals surface area (Å²) >= 11 is 4.50. The lowest BCUT2D eigenvalue weighted by molar-refractivity contribution is 0.0700. The molecule has 19 heavy (non-hydrogen) atoms. The first kappa shape index (κ1) is 14.1. The van der Waals surface area contributed by atoms with Gasteiger partial charge in [-0.2, -0.15) is 0 Å². The quantitative estimate of drug-likeness (QED) is 0.917. The predicted octanol–water partition coefficient (Wildman–Crippen LogP) is 3.86. The first-order chi connectivity index (χ1) is 8.97. The largest absolute Gasteiger partial charge is 0.477 e. The van der Waals surface area contributed by atoms with Crippen LogP contribution in [0.4, 0.5) is 0 Å². The number of pyridine rings is 1. The normalized spacial score (nSPS) is 10.9. The minimum atomic E-state index is -0.920. The Morgan fingerprint density at radius 1 is 1.47 bits per heavy atom. The van der Waals surface area contributed by atoms with E-state index in [-0.39, 0.29) is 0 Å². The Bertz CT molecular complexity index is 593. The summed E-state index contributed by atoms with van der Waals surface area (Å²) in [6.45, 7) is 4.09. The van der Waals surface area contributed by atoms with E-state index < -0.39 is 5.97 Å². The van der Waals surface area contributed by atoms with Crippen molar-refractivity contribution in [3.63, 3.8) is 0 Å². The highest BCUT2D eigenvalue weighted by molar-refractivity contribution is 9.10. The second-order valence-corrected chi connectivity index (χ2v) is 6.47. The molecule has 0 spiro atoms. The fraction of sp³-hybridized carbons (Fsp3) is 0.308. The highest BCUT2D eigenvalue weighted by Gasteiger charge is 2.19. The van der Waals surface area contributed by atoms with Gasteiger partial charge in [-0.25, -0.2) is 9.78 Å². The molecule has 0 aromatic carbocycles. The molecule has 0 fully saturated rings. The first-order valence-electron chi connectivity index (χ1n) is 5.82. The SMILES string of the molecule is CC(C)Cc1nc(-c2ccc(Br)cn2)sc1C(=O)O. The van der Waals surface area contributed by atoms with Gasteiger partial charge in [0.05, 0.1) is 11.4 Å². The monoisotopic (exact) mass is 340 g/mol. The summed E-state index contributed by atoms with van der Waals surface area (Å²) in [5.74, 6) is -0.553. The Hall–Kier alpha value is -1.27. The maximum Gasteiger partial charge on any atom is 0.347 e. The van der Waals surface area contributed by atoms with Crippen molar-refractivity contribution in [2.24, 2.45) is 5.92 Å². The van der Waals surface area contributed by atoms with Crippen LogP contribution >= 0.6 is 27.3 Å². The molecule has 0 bridgehead atoms. The lowest BCUT2D eigenvalue weighted by Gasteiger charge is -2.01. The molecule has 100 valence electrons. The second kappa shape index (κ2) is 5.79. The molecule has 0 radical (unpaired) electrons. The maximum absolute atomic E-state index is 11.2. The van der Waals surface area contributed by atoms with Crippen molar-refractivity contribution in [1.29, 1.82) is 0 Å². The average Bonchev–Trinajstić information content (AvgIpc) is 2.73. The van der Waals surface area contributed by atoms with Crippen LogP contribution in [0.5, 0.6) is 0 Å². The molecular weight excluding hydrogens is 328 g/mol. The van der Waals surface area contributed by atoms with Crippen LogP contribution in [0.25, 0.3) is 10.7 Å². The Balaban J connectivity index is 2.42. The second-order valence-electron chi connectivity index (χ2n) is 4.56. The minimum Gasteiger partial charge on any atom is -0.477 e. The number of halogens is 1. The first-order valence-corrected chi connectivity index (χ1v) is 7.43. The molecule has 6 heteroatoms. The third kappa shape index (κ3) is 3.39. The van der Waals surface area contributed by atoms with E-state index in [4.69, 9.17) is 0 Å². The van der Waals surface area contributed by atoms with Gasteiger partial charge in [-0.15, -0.1) is 11.3 Å². The minimum absolute atomic E-state index is 0.313. The zero-order valence-electron chi connectivity index (χ0n) is 10.6. The van der Waals surface area contributed by atoms with Crippen molar-refractivity contribution >= 4 is 33.2 Å². The summed E-state index contributed by atoms with van der Waals surface area (Å²) < 4.78 is 0.883. The Labute approximate surface area is 123 Å². The van der Waals surface area contributed by atoms with Gasteiger partial charge in [-0.05, 0) is 40.4 Å². The van der Waals surface area contributed by atoms with Crippen molar-refractivity contribution in [1.82, 2.24) is 9.97 Å². The van der Waals surface area contributed by atoms with Crippen LogP contribution in [0.2, 0.25) is 0 Å². The molecule has 2 heterocycles. The fourth-order valence-electron chi connectivity index (χ4n) is 1.66. The number of nitrogens with zero attached hydrogens (tertiary/aromatic N) is 2. The molecule has 0 amide bonds. The summed E-state index contributed by atoms with van der Waals surface area (Å²) in [7, 11) is 0. The van der Waals surface area contributed by atoms with Gasteiger partial charge >= 0.3 is 5.97 Å². The van der Waals surface area contributed by atoms with E-state index in [9.17, 15) is 9.90 Å². The van der Waals surface area contributed by atoms with Gasteiger partial charge in [0.1, 0.15) is 9.88 Å². The van der Waals surface area contributed by atoms with Gasteiger partial charge in [0, 0.05) is 10.7 Å². The third-order valence-corrected chi connectivity index (χ3v) is 4.02. The molecule has 0 aliphatic carbocycles. The summed E-state index contributed by atoms with van der Waals surface area (Å²) in [5.41, 5.74) is 1.35. The fourth-order valence-corrected chi connectivity index (χ4v) is 2.80. The van der Waals surface area contributed by atoms with Gasteiger partial charge in [0.25, 0.3) is 0 Å². The van der Waals surface area contributed by atoms with Crippen molar-refractivity contribution in [2.45, 2.75) is 20.3 Å². The number of hydrogen-bond acceptors (Lipinski definition) is 4. The zero-order chi connectivity index (χ0) is 14.0. The molecule has 0 saturated carbocycles. The van der Waals surface area contributed by atoms with E-state index in [1.54, 1.807) is 6.20 Å². The van der Waals surface area contributed by atoms with Crippen molar-refractivity contribution in [3.05, 3.63) is 33.4 Å². The van der Waals surface area contributed by atoms with E-state index >= 15 is 0 Å². The Morgan fingerprint density at radius 2 is 2.21 bits per heavy atom. The molecule has 0 atom stereocenters. The van der Waals surface area contributed by atoms with Crippen LogP contribution in [-0.4, -0.2) is 21.0 Å². The lowest BCUT2D eigenvalue weighted by Crippen LogP contribution is -2.02. The third-order valence-electron chi connectivity index (χ3n) is 2.44. The van der Waals surface area contributed by atoms with Crippen LogP contribution in [0, 0.1) is 5.92 Å². The number of carboxylic acids is 1. The number of hydrogen-bond donors (Lipinski definition) is 1. The van der Waals surface area contributed by atoms with Crippen LogP contribution in [0.3, 0.4) is 0 Å². The molecular formula is C13H13BrN2O2S. The number of carbonyl (C=O) groups is 1. The number of aromatic carboxylic acids is 1. The number of thiazole rings is 1. The average molecular weight is 341 g/mol. The van der Waals surface area contributed by atoms with Gasteiger partial charge in [-0.1, -0.05) is 13.8 Å². The van der Waals surface area contributed by atoms with Crippen LogP contribution < -0.4 is 0 Å². The van der Waals surface area contributed by atoms with E-state index in [0.717, 1.165) is 4.47 Å². The highest BCUT2D eigenvalue weighted by atomic mass is 79.9. The van der Waals surface area contributed by atoms with Gasteiger partial charge in [0.15, 0.2) is 0 Å². The van der Waals surface area contributed by atoms with E-state index in [1.165, 1.54) is 11.3 Å².